The molecule has 3 rings (SSSR count). The molecule has 0 bridgehead atoms. The molecule has 2 aliphatic rings. The maximum Gasteiger partial charge on any atom is 0.410 e. The van der Waals surface area contributed by atoms with Gasteiger partial charge in [-0.2, -0.15) is 0 Å². The fraction of sp³-hybridized carbons (Fsp3) is 0.652. The molecular weight excluding hydrogens is 368 g/mol. The SMILES string of the molecule is COc1ccc(CC2CCN(C(=O)C3CCN(C(=O)OC(C)(C)C)C3)CC2)cc1. The second-order valence-corrected chi connectivity index (χ2v) is 9.23. The lowest BCUT2D eigenvalue weighted by Gasteiger charge is -2.33. The summed E-state index contributed by atoms with van der Waals surface area (Å²) in [6.45, 7) is 8.27. The first kappa shape index (κ1) is 21.5. The van der Waals surface area contributed by atoms with E-state index in [1.54, 1.807) is 12.0 Å². The minimum absolute atomic E-state index is 0.0966. The summed E-state index contributed by atoms with van der Waals surface area (Å²) < 4.78 is 10.7. The Morgan fingerprint density at radius 2 is 1.62 bits per heavy atom. The number of hydrogen-bond donors (Lipinski definition) is 0. The van der Waals surface area contributed by atoms with E-state index in [9.17, 15) is 9.59 Å². The predicted octanol–water partition coefficient (Wildman–Crippen LogP) is 3.73. The van der Waals surface area contributed by atoms with Gasteiger partial charge in [-0.15, -0.1) is 0 Å². The Labute approximate surface area is 174 Å². The van der Waals surface area contributed by atoms with Gasteiger partial charge in [-0.25, -0.2) is 4.79 Å². The lowest BCUT2D eigenvalue weighted by atomic mass is 9.89. The molecule has 1 unspecified atom stereocenters. The van der Waals surface area contributed by atoms with Crippen molar-refractivity contribution < 1.29 is 19.1 Å². The van der Waals surface area contributed by atoms with Gasteiger partial charge in [-0.05, 0) is 70.1 Å². The number of carbonyl (C=O) groups is 2. The summed E-state index contributed by atoms with van der Waals surface area (Å²) in [5.41, 5.74) is 0.810. The van der Waals surface area contributed by atoms with E-state index in [1.165, 1.54) is 5.56 Å². The molecule has 2 amide bonds. The smallest absolute Gasteiger partial charge is 0.410 e. The molecule has 2 saturated heterocycles. The normalized spacial score (nSPS) is 20.6. The minimum Gasteiger partial charge on any atom is -0.497 e. The Hall–Kier alpha value is -2.24. The molecule has 0 aliphatic carbocycles. The Morgan fingerprint density at radius 1 is 1.00 bits per heavy atom. The highest BCUT2D eigenvalue weighted by Gasteiger charge is 2.36. The first-order chi connectivity index (χ1) is 13.7. The van der Waals surface area contributed by atoms with Crippen molar-refractivity contribution in [1.82, 2.24) is 9.80 Å². The van der Waals surface area contributed by atoms with Crippen LogP contribution in [0.1, 0.15) is 45.6 Å². The average molecular weight is 403 g/mol. The van der Waals surface area contributed by atoms with E-state index in [0.29, 0.717) is 19.0 Å². The van der Waals surface area contributed by atoms with E-state index < -0.39 is 5.60 Å². The van der Waals surface area contributed by atoms with E-state index in [-0.39, 0.29) is 17.9 Å². The molecule has 6 nitrogen and oxygen atoms in total. The number of nitrogens with zero attached hydrogens (tertiary/aromatic N) is 2. The average Bonchev–Trinajstić information content (AvgIpc) is 3.18. The third-order valence-electron chi connectivity index (χ3n) is 5.80. The van der Waals surface area contributed by atoms with Gasteiger partial charge in [0.15, 0.2) is 0 Å². The largest absolute Gasteiger partial charge is 0.497 e. The fourth-order valence-corrected chi connectivity index (χ4v) is 4.16. The van der Waals surface area contributed by atoms with Gasteiger partial charge < -0.3 is 19.3 Å². The maximum atomic E-state index is 12.9. The van der Waals surface area contributed by atoms with Crippen LogP contribution in [-0.4, -0.2) is 60.7 Å². The molecule has 1 aromatic rings. The molecule has 0 spiro atoms. The first-order valence-electron chi connectivity index (χ1n) is 10.6. The zero-order valence-electron chi connectivity index (χ0n) is 18.1. The standard InChI is InChI=1S/C23H34N2O4/c1-23(2,3)29-22(27)25-14-11-19(16-25)21(26)24-12-9-18(10-13-24)15-17-5-7-20(28-4)8-6-17/h5-8,18-19H,9-16H2,1-4H3. The van der Waals surface area contributed by atoms with Gasteiger partial charge in [0.2, 0.25) is 5.91 Å². The van der Waals surface area contributed by atoms with Gasteiger partial charge in [-0.3, -0.25) is 4.79 Å². The van der Waals surface area contributed by atoms with Gasteiger partial charge in [0.25, 0.3) is 0 Å². The number of benzene rings is 1. The maximum absolute atomic E-state index is 12.9. The molecule has 6 heteroatoms. The number of amides is 2. The molecule has 1 aromatic carbocycles. The van der Waals surface area contributed by atoms with Crippen LogP contribution >= 0.6 is 0 Å². The fourth-order valence-electron chi connectivity index (χ4n) is 4.16. The lowest BCUT2D eigenvalue weighted by Crippen LogP contribution is -2.43. The highest BCUT2D eigenvalue weighted by molar-refractivity contribution is 5.80. The number of hydrogen-bond acceptors (Lipinski definition) is 4. The molecule has 2 fully saturated rings. The number of piperidine rings is 1. The third kappa shape index (κ3) is 5.87. The van der Waals surface area contributed by atoms with Gasteiger partial charge >= 0.3 is 6.09 Å². The van der Waals surface area contributed by atoms with Crippen molar-refractivity contribution in [3.05, 3.63) is 29.8 Å². The number of rotatable bonds is 4. The van der Waals surface area contributed by atoms with E-state index in [1.807, 2.05) is 37.8 Å². The quantitative estimate of drug-likeness (QED) is 0.770. The van der Waals surface area contributed by atoms with Crippen molar-refractivity contribution in [2.75, 3.05) is 33.3 Å². The van der Waals surface area contributed by atoms with Crippen LogP contribution in [0, 0.1) is 11.8 Å². The Balaban J connectivity index is 1.44. The number of likely N-dealkylation sites (tertiary alicyclic amines) is 2. The van der Waals surface area contributed by atoms with Gasteiger partial charge in [-0.1, -0.05) is 12.1 Å². The van der Waals surface area contributed by atoms with Crippen LogP contribution < -0.4 is 4.74 Å². The van der Waals surface area contributed by atoms with Crippen LogP contribution in [0.4, 0.5) is 4.79 Å². The Morgan fingerprint density at radius 3 is 2.21 bits per heavy atom. The van der Waals surface area contributed by atoms with Crippen LogP contribution in [-0.2, 0) is 16.0 Å². The molecule has 2 aliphatic heterocycles. The molecule has 0 saturated carbocycles. The monoisotopic (exact) mass is 402 g/mol. The summed E-state index contributed by atoms with van der Waals surface area (Å²) in [5.74, 6) is 1.58. The van der Waals surface area contributed by atoms with Crippen molar-refractivity contribution in [2.24, 2.45) is 11.8 Å². The minimum atomic E-state index is -0.509. The number of carbonyl (C=O) groups excluding carboxylic acids is 2. The molecular formula is C23H34N2O4. The van der Waals surface area contributed by atoms with Crippen molar-refractivity contribution in [1.29, 1.82) is 0 Å². The molecule has 0 radical (unpaired) electrons. The second-order valence-electron chi connectivity index (χ2n) is 9.23. The van der Waals surface area contributed by atoms with Gasteiger partial charge in [0.1, 0.15) is 11.4 Å². The summed E-state index contributed by atoms with van der Waals surface area (Å²) >= 11 is 0. The van der Waals surface area contributed by atoms with Crippen LogP contribution in [0.2, 0.25) is 0 Å². The summed E-state index contributed by atoms with van der Waals surface area (Å²) in [4.78, 5) is 28.8. The van der Waals surface area contributed by atoms with Crippen molar-refractivity contribution >= 4 is 12.0 Å². The van der Waals surface area contributed by atoms with E-state index >= 15 is 0 Å². The summed E-state index contributed by atoms with van der Waals surface area (Å²) in [6, 6.07) is 8.26. The second kappa shape index (κ2) is 9.06. The highest BCUT2D eigenvalue weighted by atomic mass is 16.6. The molecule has 0 N–H and O–H groups in total. The van der Waals surface area contributed by atoms with Crippen LogP contribution in [0.5, 0.6) is 5.75 Å². The molecule has 0 aromatic heterocycles. The predicted molar refractivity (Wildman–Crippen MR) is 112 cm³/mol. The first-order valence-corrected chi connectivity index (χ1v) is 10.6. The molecule has 160 valence electrons. The van der Waals surface area contributed by atoms with Crippen LogP contribution in [0.15, 0.2) is 24.3 Å². The van der Waals surface area contributed by atoms with E-state index in [2.05, 4.69) is 12.1 Å². The number of methoxy groups -OCH3 is 1. The van der Waals surface area contributed by atoms with Crippen molar-refractivity contribution in [2.45, 2.75) is 52.1 Å². The van der Waals surface area contributed by atoms with Gasteiger partial charge in [0.05, 0.1) is 13.0 Å². The third-order valence-corrected chi connectivity index (χ3v) is 5.80. The van der Waals surface area contributed by atoms with Crippen molar-refractivity contribution in [3.63, 3.8) is 0 Å². The Kier molecular flexibility index (Phi) is 6.70. The lowest BCUT2D eigenvalue weighted by molar-refractivity contribution is -0.136. The summed E-state index contributed by atoms with van der Waals surface area (Å²) in [6.07, 6.45) is 3.51. The zero-order valence-corrected chi connectivity index (χ0v) is 18.1. The van der Waals surface area contributed by atoms with Crippen LogP contribution in [0.3, 0.4) is 0 Å². The molecule has 1 atom stereocenters. The molecule has 2 heterocycles. The Bertz CT molecular complexity index is 703. The topological polar surface area (TPSA) is 59.1 Å². The van der Waals surface area contributed by atoms with E-state index in [0.717, 1.165) is 44.5 Å². The zero-order chi connectivity index (χ0) is 21.0. The molecule has 29 heavy (non-hydrogen) atoms. The summed E-state index contributed by atoms with van der Waals surface area (Å²) in [7, 11) is 1.68. The van der Waals surface area contributed by atoms with Crippen LogP contribution in [0.25, 0.3) is 0 Å². The summed E-state index contributed by atoms with van der Waals surface area (Å²) in [5, 5.41) is 0. The van der Waals surface area contributed by atoms with Crippen molar-refractivity contribution in [3.8, 4) is 5.75 Å². The highest BCUT2D eigenvalue weighted by Crippen LogP contribution is 2.26. The number of ether oxygens (including phenoxy) is 2. The van der Waals surface area contributed by atoms with Gasteiger partial charge in [0, 0.05) is 26.2 Å². The van der Waals surface area contributed by atoms with E-state index in [4.69, 9.17) is 9.47 Å².